The zero-order valence-electron chi connectivity index (χ0n) is 14.7. The van der Waals surface area contributed by atoms with Crippen LogP contribution in [-0.4, -0.2) is 28.0 Å². The van der Waals surface area contributed by atoms with Gasteiger partial charge in [0.05, 0.1) is 9.80 Å². The number of thiophene rings is 1. The standard InChI is InChI=1S/C18H15N3O6S/c1-11(19-17(22)12-4-2-5-14(8-12)21(24)25)18(23)26-10-13-9-15(27-20-13)16-6-3-7-28-16/h2-9,11H,10H2,1H3,(H,19,22)/t11-/m0/s1. The molecule has 0 unspecified atom stereocenters. The predicted octanol–water partition coefficient (Wildman–Crippen LogP) is 3.17. The van der Waals surface area contributed by atoms with Crippen molar-refractivity contribution in [1.29, 1.82) is 0 Å². The molecule has 10 heteroatoms. The molecule has 9 nitrogen and oxygen atoms in total. The van der Waals surface area contributed by atoms with Crippen LogP contribution in [0.15, 0.2) is 52.4 Å². The number of non-ortho nitro benzene ring substituents is 1. The first-order valence-corrected chi connectivity index (χ1v) is 9.03. The number of nitro benzene ring substituents is 1. The molecule has 1 atom stereocenters. The van der Waals surface area contributed by atoms with E-state index in [1.54, 1.807) is 6.07 Å². The van der Waals surface area contributed by atoms with Crippen molar-refractivity contribution in [2.24, 2.45) is 0 Å². The fraction of sp³-hybridized carbons (Fsp3) is 0.167. The van der Waals surface area contributed by atoms with Gasteiger partial charge in [-0.3, -0.25) is 14.9 Å². The average Bonchev–Trinajstić information content (AvgIpc) is 3.37. The Balaban J connectivity index is 1.54. The highest BCUT2D eigenvalue weighted by Gasteiger charge is 2.20. The summed E-state index contributed by atoms with van der Waals surface area (Å²) < 4.78 is 10.3. The fourth-order valence-electron chi connectivity index (χ4n) is 2.28. The van der Waals surface area contributed by atoms with E-state index in [0.717, 1.165) is 10.9 Å². The Labute approximate surface area is 163 Å². The lowest BCUT2D eigenvalue weighted by molar-refractivity contribution is -0.384. The second kappa shape index (κ2) is 8.44. The Morgan fingerprint density at radius 1 is 1.32 bits per heavy atom. The van der Waals surface area contributed by atoms with Gasteiger partial charge >= 0.3 is 5.97 Å². The van der Waals surface area contributed by atoms with E-state index >= 15 is 0 Å². The van der Waals surface area contributed by atoms with Crippen molar-refractivity contribution in [3.8, 4) is 10.6 Å². The lowest BCUT2D eigenvalue weighted by Crippen LogP contribution is -2.39. The third-order valence-corrected chi connectivity index (χ3v) is 4.59. The Bertz CT molecular complexity index is 998. The number of ether oxygens (including phenoxy) is 1. The van der Waals surface area contributed by atoms with Crippen LogP contribution in [0.25, 0.3) is 10.6 Å². The summed E-state index contributed by atoms with van der Waals surface area (Å²) in [4.78, 5) is 35.4. The lowest BCUT2D eigenvalue weighted by atomic mass is 10.2. The van der Waals surface area contributed by atoms with E-state index in [2.05, 4.69) is 10.5 Å². The van der Waals surface area contributed by atoms with Gasteiger partial charge in [0.15, 0.2) is 5.76 Å². The summed E-state index contributed by atoms with van der Waals surface area (Å²) in [6.45, 7) is 1.35. The van der Waals surface area contributed by atoms with Crippen LogP contribution in [0.2, 0.25) is 0 Å². The molecule has 0 radical (unpaired) electrons. The predicted molar refractivity (Wildman–Crippen MR) is 99.6 cm³/mol. The Hall–Kier alpha value is -3.53. The summed E-state index contributed by atoms with van der Waals surface area (Å²) in [6, 6.07) is 9.71. The largest absolute Gasteiger partial charge is 0.458 e. The van der Waals surface area contributed by atoms with E-state index in [4.69, 9.17) is 9.26 Å². The molecule has 0 saturated carbocycles. The van der Waals surface area contributed by atoms with E-state index in [9.17, 15) is 19.7 Å². The summed E-state index contributed by atoms with van der Waals surface area (Å²) in [7, 11) is 0. The van der Waals surface area contributed by atoms with E-state index in [1.807, 2.05) is 17.5 Å². The molecule has 0 spiro atoms. The molecular weight excluding hydrogens is 386 g/mol. The molecule has 0 aliphatic heterocycles. The molecule has 3 rings (SSSR count). The average molecular weight is 401 g/mol. The molecule has 1 aromatic carbocycles. The molecule has 0 aliphatic rings. The zero-order chi connectivity index (χ0) is 20.1. The molecule has 1 amide bonds. The van der Waals surface area contributed by atoms with Crippen LogP contribution in [0.3, 0.4) is 0 Å². The molecule has 0 fully saturated rings. The van der Waals surface area contributed by atoms with E-state index in [-0.39, 0.29) is 17.9 Å². The van der Waals surface area contributed by atoms with Crippen molar-refractivity contribution in [1.82, 2.24) is 10.5 Å². The number of nitrogens with one attached hydrogen (secondary N) is 1. The van der Waals surface area contributed by atoms with E-state index in [0.29, 0.717) is 11.5 Å². The van der Waals surface area contributed by atoms with Gasteiger partial charge in [0.1, 0.15) is 18.3 Å². The summed E-state index contributed by atoms with van der Waals surface area (Å²) >= 11 is 1.49. The second-order valence-corrected chi connectivity index (χ2v) is 6.72. The third-order valence-electron chi connectivity index (χ3n) is 3.71. The van der Waals surface area contributed by atoms with Crippen LogP contribution >= 0.6 is 11.3 Å². The minimum atomic E-state index is -0.949. The van der Waals surface area contributed by atoms with Crippen molar-refractivity contribution in [2.75, 3.05) is 0 Å². The van der Waals surface area contributed by atoms with Gasteiger partial charge in [-0.25, -0.2) is 4.79 Å². The summed E-state index contributed by atoms with van der Waals surface area (Å²) in [5.74, 6) is -0.706. The SMILES string of the molecule is C[C@H](NC(=O)c1cccc([N+](=O)[O-])c1)C(=O)OCc1cc(-c2cccs2)on1. The van der Waals surface area contributed by atoms with Crippen LogP contribution in [-0.2, 0) is 16.1 Å². The maximum absolute atomic E-state index is 12.2. The van der Waals surface area contributed by atoms with Gasteiger partial charge in [-0.15, -0.1) is 11.3 Å². The number of hydrogen-bond donors (Lipinski definition) is 1. The molecule has 1 N–H and O–H groups in total. The number of benzene rings is 1. The summed E-state index contributed by atoms with van der Waals surface area (Å²) in [5, 5.41) is 19.0. The number of nitro groups is 1. The quantitative estimate of drug-likeness (QED) is 0.366. The monoisotopic (exact) mass is 401 g/mol. The molecule has 0 bridgehead atoms. The van der Waals surface area contributed by atoms with Crippen molar-refractivity contribution in [2.45, 2.75) is 19.6 Å². The number of amides is 1. The van der Waals surface area contributed by atoms with Gasteiger partial charge in [-0.2, -0.15) is 0 Å². The van der Waals surface area contributed by atoms with Crippen molar-refractivity contribution >= 4 is 28.9 Å². The van der Waals surface area contributed by atoms with Crippen molar-refractivity contribution < 1.29 is 23.8 Å². The number of esters is 1. The molecule has 3 aromatic rings. The van der Waals surface area contributed by atoms with Crippen LogP contribution < -0.4 is 5.32 Å². The van der Waals surface area contributed by atoms with Gasteiger partial charge in [0.25, 0.3) is 11.6 Å². The second-order valence-electron chi connectivity index (χ2n) is 5.77. The van der Waals surface area contributed by atoms with Crippen LogP contribution in [0, 0.1) is 10.1 Å². The van der Waals surface area contributed by atoms with Gasteiger partial charge < -0.3 is 14.6 Å². The first-order chi connectivity index (χ1) is 13.4. The van der Waals surface area contributed by atoms with Gasteiger partial charge in [-0.1, -0.05) is 17.3 Å². The Morgan fingerprint density at radius 2 is 2.14 bits per heavy atom. The van der Waals surface area contributed by atoms with Crippen LogP contribution in [0.4, 0.5) is 5.69 Å². The molecule has 0 saturated heterocycles. The lowest BCUT2D eigenvalue weighted by Gasteiger charge is -2.12. The summed E-state index contributed by atoms with van der Waals surface area (Å²) in [6.07, 6.45) is 0. The molecular formula is C18H15N3O6S. The maximum atomic E-state index is 12.2. The highest BCUT2D eigenvalue weighted by Crippen LogP contribution is 2.25. The number of carbonyl (C=O) groups is 2. The maximum Gasteiger partial charge on any atom is 0.328 e. The number of aromatic nitrogens is 1. The van der Waals surface area contributed by atoms with Crippen LogP contribution in [0.1, 0.15) is 23.0 Å². The minimum Gasteiger partial charge on any atom is -0.458 e. The van der Waals surface area contributed by atoms with E-state index < -0.39 is 22.8 Å². The Morgan fingerprint density at radius 3 is 2.86 bits per heavy atom. The molecule has 2 aromatic heterocycles. The molecule has 2 heterocycles. The first kappa shape index (κ1) is 19.2. The molecule has 28 heavy (non-hydrogen) atoms. The van der Waals surface area contributed by atoms with Gasteiger partial charge in [0.2, 0.25) is 0 Å². The van der Waals surface area contributed by atoms with Gasteiger partial charge in [-0.05, 0) is 24.4 Å². The molecule has 144 valence electrons. The molecule has 0 aliphatic carbocycles. The number of hydrogen-bond acceptors (Lipinski definition) is 8. The number of rotatable bonds is 7. The van der Waals surface area contributed by atoms with Crippen molar-refractivity contribution in [3.63, 3.8) is 0 Å². The zero-order valence-corrected chi connectivity index (χ0v) is 15.5. The highest BCUT2D eigenvalue weighted by atomic mass is 32.1. The normalized spacial score (nSPS) is 11.6. The summed E-state index contributed by atoms with van der Waals surface area (Å²) in [5.41, 5.74) is 0.301. The van der Waals surface area contributed by atoms with E-state index in [1.165, 1.54) is 36.5 Å². The number of nitrogens with zero attached hydrogens (tertiary/aromatic N) is 2. The number of carbonyl (C=O) groups excluding carboxylic acids is 2. The van der Waals surface area contributed by atoms with Gasteiger partial charge in [0, 0.05) is 23.8 Å². The third kappa shape index (κ3) is 4.60. The fourth-order valence-corrected chi connectivity index (χ4v) is 2.96. The Kier molecular flexibility index (Phi) is 5.80. The smallest absolute Gasteiger partial charge is 0.328 e. The van der Waals surface area contributed by atoms with Crippen LogP contribution in [0.5, 0.6) is 0 Å². The first-order valence-electron chi connectivity index (χ1n) is 8.15. The minimum absolute atomic E-state index is 0.0749. The topological polar surface area (TPSA) is 125 Å². The highest BCUT2D eigenvalue weighted by molar-refractivity contribution is 7.13. The van der Waals surface area contributed by atoms with Crippen molar-refractivity contribution in [3.05, 3.63) is 69.2 Å².